The summed E-state index contributed by atoms with van der Waals surface area (Å²) < 4.78 is 61.5. The van der Waals surface area contributed by atoms with Crippen LogP contribution in [0.3, 0.4) is 0 Å². The highest BCUT2D eigenvalue weighted by molar-refractivity contribution is 7.47. The third-order valence-corrected chi connectivity index (χ3v) is 20.4. The number of carbonyl (C=O) groups excluding carboxylic acids is 3. The van der Waals surface area contributed by atoms with Gasteiger partial charge in [-0.05, 0) is 167 Å². The van der Waals surface area contributed by atoms with Crippen LogP contribution in [0.15, 0.2) is 207 Å². The molecule has 0 amide bonds. The highest BCUT2D eigenvalue weighted by Crippen LogP contribution is 2.45. The number of phosphoric ester groups is 2. The van der Waals surface area contributed by atoms with Gasteiger partial charge in [-0.1, -0.05) is 362 Å². The molecule has 0 rings (SSSR count). The van der Waals surface area contributed by atoms with Crippen LogP contribution in [-0.2, 0) is 55.8 Å². The van der Waals surface area contributed by atoms with E-state index < -0.39 is 91.5 Å². The Morgan fingerprint density at radius 3 is 0.675 bits per heavy atom. The largest absolute Gasteiger partial charge is 0.472 e. The first-order valence-electron chi connectivity index (χ1n) is 45.4. The highest BCUT2D eigenvalue weighted by atomic mass is 31.2. The smallest absolute Gasteiger partial charge is 0.463 e. The van der Waals surface area contributed by atoms with Crippen molar-refractivity contribution in [2.75, 3.05) is 39.6 Å². The second kappa shape index (κ2) is 89.4. The molecule has 0 spiro atoms. The minimum Gasteiger partial charge on any atom is -0.463 e. The zero-order valence-corrected chi connectivity index (χ0v) is 74.8. The normalized spacial score (nSPS) is 14.8. The highest BCUT2D eigenvalue weighted by Gasteiger charge is 2.29. The Morgan fingerprint density at radius 1 is 0.239 bits per heavy atom. The summed E-state index contributed by atoms with van der Waals surface area (Å²) in [5.74, 6) is -1.60. The van der Waals surface area contributed by atoms with E-state index in [1.54, 1.807) is 0 Å². The van der Waals surface area contributed by atoms with E-state index in [9.17, 15) is 43.5 Å². The third-order valence-electron chi connectivity index (χ3n) is 18.5. The molecule has 5 unspecified atom stereocenters. The van der Waals surface area contributed by atoms with E-state index in [4.69, 9.17) is 32.3 Å². The number of hydrogen-bond donors (Lipinski definition) is 4. The van der Waals surface area contributed by atoms with Crippen LogP contribution < -0.4 is 0 Å². The molecule has 0 aromatic carbocycles. The molecule has 0 fully saturated rings. The molecule has 0 aromatic heterocycles. The zero-order chi connectivity index (χ0) is 85.1. The number of hydrogen-bond acceptors (Lipinski definition) is 14. The first-order valence-corrected chi connectivity index (χ1v) is 48.4. The number of carbonyl (C=O) groups is 3. The molecule has 16 nitrogen and oxygen atoms in total. The van der Waals surface area contributed by atoms with Crippen LogP contribution in [0.5, 0.6) is 0 Å². The fourth-order valence-electron chi connectivity index (χ4n) is 11.7. The van der Waals surface area contributed by atoms with Crippen LogP contribution >= 0.6 is 15.6 Å². The van der Waals surface area contributed by atoms with Crippen LogP contribution in [0.2, 0.25) is 0 Å². The third kappa shape index (κ3) is 90.7. The molecule has 0 aliphatic rings. The molecule has 0 radical (unpaired) electrons. The molecule has 0 aliphatic carbocycles. The van der Waals surface area contributed by atoms with E-state index in [0.717, 1.165) is 212 Å². The summed E-state index contributed by atoms with van der Waals surface area (Å²) in [5, 5.41) is 20.7. The standard InChI is InChI=1S/C99H162O16P2/c1-4-7-10-13-16-19-22-25-28-31-34-37-40-43-45-46-48-51-52-55-58-61-64-67-70-73-76-79-82-85-97(102)109-88-94(100)89-111-116(105,106)112-90-95(101)91-113-117(107,108)114-93-96(115-99(104)87-84-81-78-75-72-69-66-63-60-57-54-49-42-39-36-33-30-27-24-21-18-15-12-9-6-3)92-110-98(103)86-83-80-77-74-71-68-65-62-59-56-53-50-47-44-41-38-35-32-29-26-23-20-17-14-11-8-5-2/h7-12,16-21,25-30,34-39,43-45,47-49,51,54,60,63,94-96,100-101H,4-6,13-15,22-24,31-33,40-42,46,50,52-53,55-59,61-62,64-93H2,1-3H3,(H,105,106)(H,107,108)/b10-7-,11-8-,12-9-,19-16-,20-17-,21-18-,28-25-,29-26-,30-27-,37-34-,38-35-,39-36-,45-43-,47-44-,51-48-,54-49-,63-60-. The van der Waals surface area contributed by atoms with Crippen LogP contribution in [0, 0.1) is 0 Å². The fourth-order valence-corrected chi connectivity index (χ4v) is 13.3. The quantitative estimate of drug-likeness (QED) is 0.0146. The number of phosphoric acid groups is 2. The molecule has 664 valence electrons. The molecular formula is C99H162O16P2. The van der Waals surface area contributed by atoms with E-state index in [1.165, 1.54) is 70.6 Å². The summed E-state index contributed by atoms with van der Waals surface area (Å²) in [7, 11) is -9.83. The van der Waals surface area contributed by atoms with Gasteiger partial charge in [-0.3, -0.25) is 32.5 Å². The predicted octanol–water partition coefficient (Wildman–Crippen LogP) is 28.0. The maximum Gasteiger partial charge on any atom is 0.472 e. The molecule has 0 heterocycles. The minimum atomic E-state index is -4.95. The molecule has 4 N–H and O–H groups in total. The van der Waals surface area contributed by atoms with Crippen molar-refractivity contribution in [3.8, 4) is 0 Å². The molecule has 5 atom stereocenters. The lowest BCUT2D eigenvalue weighted by atomic mass is 10.0. The topological polar surface area (TPSA) is 231 Å². The predicted molar refractivity (Wildman–Crippen MR) is 491 cm³/mol. The number of allylic oxidation sites excluding steroid dienone is 34. The first-order chi connectivity index (χ1) is 57.2. The Bertz CT molecular complexity index is 2960. The van der Waals surface area contributed by atoms with Gasteiger partial charge in [-0.15, -0.1) is 0 Å². The molecule has 0 bridgehead atoms. The second-order valence-corrected chi connectivity index (χ2v) is 32.5. The van der Waals surface area contributed by atoms with Gasteiger partial charge in [0.25, 0.3) is 0 Å². The van der Waals surface area contributed by atoms with E-state index in [1.807, 2.05) is 0 Å². The minimum absolute atomic E-state index is 0.0789. The van der Waals surface area contributed by atoms with Crippen molar-refractivity contribution in [1.29, 1.82) is 0 Å². The zero-order valence-electron chi connectivity index (χ0n) is 73.0. The number of unbranched alkanes of at least 4 members (excludes halogenated alkanes) is 27. The lowest BCUT2D eigenvalue weighted by Gasteiger charge is -2.21. The van der Waals surface area contributed by atoms with Gasteiger partial charge in [0.05, 0.1) is 26.4 Å². The molecule has 0 aromatic rings. The summed E-state index contributed by atoms with van der Waals surface area (Å²) in [4.78, 5) is 59.0. The molecule has 18 heteroatoms. The molecule has 0 aliphatic heterocycles. The van der Waals surface area contributed by atoms with Gasteiger partial charge in [0, 0.05) is 19.3 Å². The summed E-state index contributed by atoms with van der Waals surface area (Å²) >= 11 is 0. The van der Waals surface area contributed by atoms with Gasteiger partial charge in [0.2, 0.25) is 0 Å². The molecule has 0 saturated carbocycles. The lowest BCUT2D eigenvalue weighted by molar-refractivity contribution is -0.161. The number of rotatable bonds is 84. The van der Waals surface area contributed by atoms with Crippen LogP contribution in [0.25, 0.3) is 0 Å². The summed E-state index contributed by atoms with van der Waals surface area (Å²) in [6.45, 7) is 2.33. The monoisotopic (exact) mass is 1670 g/mol. The summed E-state index contributed by atoms with van der Waals surface area (Å²) in [5.41, 5.74) is 0. The van der Waals surface area contributed by atoms with Crippen molar-refractivity contribution in [3.05, 3.63) is 207 Å². The summed E-state index contributed by atoms with van der Waals surface area (Å²) in [6.07, 6.45) is 120. The van der Waals surface area contributed by atoms with Gasteiger partial charge in [0.15, 0.2) is 6.10 Å². The van der Waals surface area contributed by atoms with Crippen molar-refractivity contribution in [2.24, 2.45) is 0 Å². The maximum absolute atomic E-state index is 13.1. The van der Waals surface area contributed by atoms with Crippen LogP contribution in [-0.4, -0.2) is 95.9 Å². The Hall–Kier alpha value is -5.87. The molecule has 117 heavy (non-hydrogen) atoms. The number of aliphatic hydroxyl groups excluding tert-OH is 2. The lowest BCUT2D eigenvalue weighted by Crippen LogP contribution is -2.30. The molecule has 0 saturated heterocycles. The molecular weight excluding hydrogens is 1510 g/mol. The Balaban J connectivity index is 4.70. The van der Waals surface area contributed by atoms with Crippen molar-refractivity contribution >= 4 is 33.6 Å². The van der Waals surface area contributed by atoms with Crippen molar-refractivity contribution in [1.82, 2.24) is 0 Å². The Morgan fingerprint density at radius 2 is 0.427 bits per heavy atom. The first kappa shape index (κ1) is 111. The van der Waals surface area contributed by atoms with Crippen LogP contribution in [0.4, 0.5) is 0 Å². The van der Waals surface area contributed by atoms with E-state index in [-0.39, 0.29) is 19.3 Å². The average Bonchev–Trinajstić information content (AvgIpc) is 0.904. The van der Waals surface area contributed by atoms with Crippen molar-refractivity contribution in [2.45, 2.75) is 360 Å². The SMILES string of the molecule is CC/C=C\C/C=C\C/C=C\C/C=C\C/C=C\C/C=C\CCCCCCCCCCCCC(=O)OCC(O)COP(=O)(O)OCC(O)COP(=O)(O)OCC(COC(=O)CCCCCCCCCCCCC/C=C\C/C=C\C/C=C\C/C=C\C/C=C\CC)OC(=O)CCCCCCCC/C=C\C/C=C\C/C=C\C/C=C\C/C=C\C/C=C\CC. The number of ether oxygens (including phenoxy) is 3. The van der Waals surface area contributed by atoms with Crippen molar-refractivity contribution in [3.63, 3.8) is 0 Å². The van der Waals surface area contributed by atoms with Gasteiger partial charge >= 0.3 is 33.6 Å². The Kier molecular flexibility index (Phi) is 84.9. The van der Waals surface area contributed by atoms with Crippen LogP contribution in [0.1, 0.15) is 342 Å². The van der Waals surface area contributed by atoms with E-state index >= 15 is 0 Å². The Labute approximate surface area is 711 Å². The van der Waals surface area contributed by atoms with Gasteiger partial charge in [0.1, 0.15) is 25.4 Å². The summed E-state index contributed by atoms with van der Waals surface area (Å²) in [6, 6.07) is 0. The van der Waals surface area contributed by atoms with Gasteiger partial charge < -0.3 is 34.2 Å². The average molecular weight is 1670 g/mol. The van der Waals surface area contributed by atoms with E-state index in [2.05, 4.69) is 227 Å². The van der Waals surface area contributed by atoms with Gasteiger partial charge in [-0.2, -0.15) is 0 Å². The number of esters is 3. The van der Waals surface area contributed by atoms with Gasteiger partial charge in [-0.25, -0.2) is 9.13 Å². The maximum atomic E-state index is 13.1. The fraction of sp³-hybridized carbons (Fsp3) is 0.626. The van der Waals surface area contributed by atoms with Crippen molar-refractivity contribution < 1.29 is 75.8 Å². The second-order valence-electron chi connectivity index (χ2n) is 29.6. The van der Waals surface area contributed by atoms with E-state index in [0.29, 0.717) is 19.3 Å². The number of aliphatic hydroxyl groups is 2.